The van der Waals surface area contributed by atoms with Crippen molar-refractivity contribution in [3.05, 3.63) is 30.5 Å². The van der Waals surface area contributed by atoms with Crippen LogP contribution in [0, 0.1) is 5.92 Å². The number of amides is 1. The molecule has 0 atom stereocenters. The molecule has 2 heterocycles. The lowest BCUT2D eigenvalue weighted by atomic mass is 9.96. The van der Waals surface area contributed by atoms with Gasteiger partial charge in [-0.25, -0.2) is 13.2 Å². The second-order valence-electron chi connectivity index (χ2n) is 6.64. The summed E-state index contributed by atoms with van der Waals surface area (Å²) in [5, 5.41) is -0.444. The van der Waals surface area contributed by atoms with Crippen molar-refractivity contribution < 1.29 is 40.3 Å². The van der Waals surface area contributed by atoms with Crippen molar-refractivity contribution >= 4 is 21.9 Å². The van der Waals surface area contributed by atoms with Crippen molar-refractivity contribution in [3.63, 3.8) is 0 Å². The minimum atomic E-state index is -4.54. The third kappa shape index (κ3) is 5.85. The van der Waals surface area contributed by atoms with E-state index < -0.39 is 45.6 Å². The predicted molar refractivity (Wildman–Crippen MR) is 99.0 cm³/mol. The number of sulfonamides is 1. The zero-order chi connectivity index (χ0) is 22.5. The zero-order valence-electron chi connectivity index (χ0n) is 16.4. The average molecular weight is 452 g/mol. The lowest BCUT2D eigenvalue weighted by molar-refractivity contribution is -0.163. The van der Waals surface area contributed by atoms with Gasteiger partial charge in [0.25, 0.3) is 10.0 Å². The van der Waals surface area contributed by atoms with Crippen LogP contribution in [-0.4, -0.2) is 68.5 Å². The Labute approximate surface area is 172 Å². The first kappa shape index (κ1) is 23.9. The molecule has 12 heteroatoms. The molecule has 2 rings (SSSR count). The molecule has 8 nitrogen and oxygen atoms in total. The van der Waals surface area contributed by atoms with Crippen LogP contribution in [0.25, 0.3) is 0 Å². The number of hydrogen-bond donors (Lipinski definition) is 0. The summed E-state index contributed by atoms with van der Waals surface area (Å²) in [7, 11) is -4.06. The molecule has 0 bridgehead atoms. The Bertz CT molecular complexity index is 873. The van der Waals surface area contributed by atoms with E-state index in [-0.39, 0.29) is 44.8 Å². The van der Waals surface area contributed by atoms with Gasteiger partial charge in [0.15, 0.2) is 0 Å². The number of halogens is 3. The number of alkyl halides is 3. The number of piperidine rings is 1. The van der Waals surface area contributed by atoms with Crippen LogP contribution in [0.3, 0.4) is 0 Å². The maximum Gasteiger partial charge on any atom is 0.406 e. The fraction of sp³-hybridized carbons (Fsp3) is 0.556. The van der Waals surface area contributed by atoms with E-state index in [9.17, 15) is 31.2 Å². The van der Waals surface area contributed by atoms with Gasteiger partial charge < -0.3 is 14.1 Å². The van der Waals surface area contributed by atoms with E-state index in [4.69, 9.17) is 9.15 Å². The fourth-order valence-corrected chi connectivity index (χ4v) is 4.49. The molecule has 0 aromatic carbocycles. The summed E-state index contributed by atoms with van der Waals surface area (Å²) in [6, 6.07) is 2.32. The second kappa shape index (κ2) is 9.65. The largest absolute Gasteiger partial charge is 0.460 e. The molecule has 0 unspecified atom stereocenters. The number of carbonyl (C=O) groups excluding carboxylic acids is 2. The monoisotopic (exact) mass is 452 g/mol. The summed E-state index contributed by atoms with van der Waals surface area (Å²) in [5.74, 6) is -2.47. The van der Waals surface area contributed by atoms with Crippen LogP contribution in [-0.2, 0) is 19.6 Å². The van der Waals surface area contributed by atoms with Crippen LogP contribution in [0.15, 0.2) is 34.3 Å². The van der Waals surface area contributed by atoms with Crippen molar-refractivity contribution in [1.29, 1.82) is 0 Å². The molecular weight excluding hydrogens is 429 g/mol. The molecule has 1 aromatic rings. The first-order valence-electron chi connectivity index (χ1n) is 9.23. The molecule has 1 aromatic heterocycles. The molecule has 0 saturated carbocycles. The Kier molecular flexibility index (Phi) is 7.70. The summed E-state index contributed by atoms with van der Waals surface area (Å²) < 4.78 is 74.5. The highest BCUT2D eigenvalue weighted by molar-refractivity contribution is 7.89. The Hall–Kier alpha value is -2.34. The summed E-state index contributed by atoms with van der Waals surface area (Å²) >= 11 is 0. The molecule has 1 saturated heterocycles. The highest BCUT2D eigenvalue weighted by Gasteiger charge is 2.38. The fourth-order valence-electron chi connectivity index (χ4n) is 3.10. The normalized spacial score (nSPS) is 16.3. The van der Waals surface area contributed by atoms with E-state index >= 15 is 0 Å². The van der Waals surface area contributed by atoms with Gasteiger partial charge in [-0.3, -0.25) is 4.79 Å². The summed E-state index contributed by atoms with van der Waals surface area (Å²) in [5.41, 5.74) is 0. The molecule has 30 heavy (non-hydrogen) atoms. The van der Waals surface area contributed by atoms with Gasteiger partial charge in [-0.1, -0.05) is 6.08 Å². The molecule has 0 spiro atoms. The number of rotatable bonds is 8. The number of nitrogens with zero attached hydrogens (tertiary/aromatic N) is 2. The van der Waals surface area contributed by atoms with E-state index in [1.54, 1.807) is 6.92 Å². The molecule has 0 aliphatic carbocycles. The molecular formula is C18H23F3N2O6S. The molecule has 1 aliphatic rings. The van der Waals surface area contributed by atoms with Crippen LogP contribution in [0.2, 0.25) is 0 Å². The van der Waals surface area contributed by atoms with Crippen molar-refractivity contribution in [1.82, 2.24) is 9.21 Å². The average Bonchev–Trinajstić information content (AvgIpc) is 3.17. The predicted octanol–water partition coefficient (Wildman–Crippen LogP) is 2.43. The Balaban J connectivity index is 2.04. The van der Waals surface area contributed by atoms with E-state index in [1.165, 1.54) is 12.1 Å². The first-order chi connectivity index (χ1) is 14.0. The van der Waals surface area contributed by atoms with E-state index in [1.807, 2.05) is 0 Å². The van der Waals surface area contributed by atoms with Crippen molar-refractivity contribution in [2.45, 2.75) is 31.0 Å². The van der Waals surface area contributed by atoms with Gasteiger partial charge in [0.1, 0.15) is 6.54 Å². The molecule has 1 amide bonds. The van der Waals surface area contributed by atoms with Gasteiger partial charge in [-0.2, -0.15) is 17.5 Å². The van der Waals surface area contributed by atoms with E-state index in [0.717, 1.165) is 10.4 Å². The van der Waals surface area contributed by atoms with Crippen molar-refractivity contribution in [3.8, 4) is 0 Å². The number of furan rings is 1. The second-order valence-corrected chi connectivity index (χ2v) is 8.51. The topological polar surface area (TPSA) is 97.1 Å². The third-order valence-electron chi connectivity index (χ3n) is 4.49. The van der Waals surface area contributed by atoms with Gasteiger partial charge in [0.05, 0.1) is 6.61 Å². The maximum absolute atomic E-state index is 12.7. The van der Waals surface area contributed by atoms with Gasteiger partial charge in [0, 0.05) is 25.6 Å². The Morgan fingerprint density at radius 1 is 1.33 bits per heavy atom. The van der Waals surface area contributed by atoms with E-state index in [0.29, 0.717) is 4.90 Å². The lowest BCUT2D eigenvalue weighted by Crippen LogP contribution is -2.46. The Morgan fingerprint density at radius 3 is 2.50 bits per heavy atom. The highest BCUT2D eigenvalue weighted by atomic mass is 32.2. The van der Waals surface area contributed by atoms with Gasteiger partial charge in [0.2, 0.25) is 16.8 Å². The SMILES string of the molecule is C=CCN(CC(F)(F)F)C(=O)C1CCN(S(=O)(=O)c2ccc(C(=O)OCC)o2)CC1. The number of hydrogen-bond acceptors (Lipinski definition) is 6. The minimum Gasteiger partial charge on any atom is -0.460 e. The lowest BCUT2D eigenvalue weighted by Gasteiger charge is -2.33. The van der Waals surface area contributed by atoms with Gasteiger partial charge in [-0.15, -0.1) is 6.58 Å². The smallest absolute Gasteiger partial charge is 0.406 e. The standard InChI is InChI=1S/C18H23F3N2O6S/c1-3-9-22(12-18(19,20)21)16(24)13-7-10-23(11-8-13)30(26,27)15-6-5-14(29-15)17(25)28-4-2/h3,5-6,13H,1,4,7-12H2,2H3. The zero-order valence-corrected chi connectivity index (χ0v) is 17.2. The number of esters is 1. The highest BCUT2D eigenvalue weighted by Crippen LogP contribution is 2.27. The molecule has 168 valence electrons. The summed E-state index contributed by atoms with van der Waals surface area (Å²) in [6.45, 7) is 3.29. The molecule has 0 radical (unpaired) electrons. The number of ether oxygens (including phenoxy) is 1. The number of carbonyl (C=O) groups is 2. The molecule has 0 N–H and O–H groups in total. The van der Waals surface area contributed by atoms with Gasteiger partial charge >= 0.3 is 12.1 Å². The van der Waals surface area contributed by atoms with Crippen LogP contribution in [0.4, 0.5) is 13.2 Å². The van der Waals surface area contributed by atoms with Crippen LogP contribution in [0.1, 0.15) is 30.3 Å². The summed E-state index contributed by atoms with van der Waals surface area (Å²) in [4.78, 5) is 24.8. The third-order valence-corrected chi connectivity index (χ3v) is 6.26. The van der Waals surface area contributed by atoms with Crippen LogP contribution < -0.4 is 0 Å². The summed E-state index contributed by atoms with van der Waals surface area (Å²) in [6.07, 6.45) is -3.20. The molecule has 1 aliphatic heterocycles. The molecule has 1 fully saturated rings. The van der Waals surface area contributed by atoms with Crippen LogP contribution in [0.5, 0.6) is 0 Å². The van der Waals surface area contributed by atoms with Crippen LogP contribution >= 0.6 is 0 Å². The van der Waals surface area contributed by atoms with Gasteiger partial charge in [-0.05, 0) is 31.9 Å². The van der Waals surface area contributed by atoms with E-state index in [2.05, 4.69) is 6.58 Å². The minimum absolute atomic E-state index is 0.0645. The maximum atomic E-state index is 12.7. The van der Waals surface area contributed by atoms with Crippen molar-refractivity contribution in [2.24, 2.45) is 5.92 Å². The quantitative estimate of drug-likeness (QED) is 0.444. The first-order valence-corrected chi connectivity index (χ1v) is 10.7. The van der Waals surface area contributed by atoms with Crippen molar-refractivity contribution in [2.75, 3.05) is 32.8 Å². The Morgan fingerprint density at radius 2 is 1.97 bits per heavy atom.